The number of nitrogens with zero attached hydrogens (tertiary/aromatic N) is 3. The summed E-state index contributed by atoms with van der Waals surface area (Å²) in [5.74, 6) is -0.295. The predicted octanol–water partition coefficient (Wildman–Crippen LogP) is 3.49. The molecule has 28 heavy (non-hydrogen) atoms. The van der Waals surface area contributed by atoms with Gasteiger partial charge in [-0.25, -0.2) is 4.98 Å². The molecule has 0 atom stereocenters. The summed E-state index contributed by atoms with van der Waals surface area (Å²) in [4.78, 5) is 29.4. The van der Waals surface area contributed by atoms with Crippen LogP contribution in [0.2, 0.25) is 5.02 Å². The Balaban J connectivity index is 1.53. The highest BCUT2D eigenvalue weighted by molar-refractivity contribution is 7.13. The van der Waals surface area contributed by atoms with E-state index in [-0.39, 0.29) is 18.0 Å². The molecule has 2 heterocycles. The SMILES string of the molecule is O=C(Cn1cnc2c(-c3ccccc3)nsc2c1=O)NCc1ccccc1Cl. The maximum absolute atomic E-state index is 12.7. The first-order chi connectivity index (χ1) is 13.6. The minimum absolute atomic E-state index is 0.120. The molecule has 2 aromatic heterocycles. The lowest BCUT2D eigenvalue weighted by Gasteiger charge is -2.08. The number of rotatable bonds is 5. The van der Waals surface area contributed by atoms with Crippen molar-refractivity contribution in [3.8, 4) is 11.3 Å². The third kappa shape index (κ3) is 3.67. The van der Waals surface area contributed by atoms with Crippen LogP contribution in [0.4, 0.5) is 0 Å². The third-order valence-electron chi connectivity index (χ3n) is 4.24. The van der Waals surface area contributed by atoms with Crippen molar-refractivity contribution in [3.63, 3.8) is 0 Å². The Morgan fingerprint density at radius 2 is 1.86 bits per heavy atom. The fraction of sp³-hybridized carbons (Fsp3) is 0.100. The lowest BCUT2D eigenvalue weighted by atomic mass is 10.1. The van der Waals surface area contributed by atoms with Crippen LogP contribution in [-0.4, -0.2) is 19.8 Å². The molecule has 4 aromatic rings. The number of amides is 1. The van der Waals surface area contributed by atoms with Gasteiger partial charge in [0.1, 0.15) is 22.5 Å². The smallest absolute Gasteiger partial charge is 0.273 e. The van der Waals surface area contributed by atoms with Gasteiger partial charge in [0.15, 0.2) is 0 Å². The topological polar surface area (TPSA) is 76.9 Å². The van der Waals surface area contributed by atoms with Gasteiger partial charge < -0.3 is 5.32 Å². The summed E-state index contributed by atoms with van der Waals surface area (Å²) in [6, 6.07) is 16.9. The van der Waals surface area contributed by atoms with E-state index in [0.29, 0.717) is 27.5 Å². The van der Waals surface area contributed by atoms with Gasteiger partial charge in [-0.2, -0.15) is 4.37 Å². The highest BCUT2D eigenvalue weighted by Crippen LogP contribution is 2.26. The third-order valence-corrected chi connectivity index (χ3v) is 5.44. The van der Waals surface area contributed by atoms with Gasteiger partial charge in [-0.15, -0.1) is 0 Å². The first-order valence-electron chi connectivity index (χ1n) is 8.54. The number of fused-ring (bicyclic) bond motifs is 1. The number of halogens is 1. The molecule has 0 radical (unpaired) electrons. The molecule has 0 unspecified atom stereocenters. The van der Waals surface area contributed by atoms with Crippen LogP contribution in [0.3, 0.4) is 0 Å². The van der Waals surface area contributed by atoms with Gasteiger partial charge in [0, 0.05) is 17.1 Å². The lowest BCUT2D eigenvalue weighted by Crippen LogP contribution is -2.32. The summed E-state index contributed by atoms with van der Waals surface area (Å²) in [5.41, 5.74) is 2.66. The lowest BCUT2D eigenvalue weighted by molar-refractivity contribution is -0.121. The molecule has 0 saturated heterocycles. The minimum Gasteiger partial charge on any atom is -0.350 e. The molecule has 0 fully saturated rings. The van der Waals surface area contributed by atoms with Gasteiger partial charge in [-0.05, 0) is 23.2 Å². The van der Waals surface area contributed by atoms with Crippen LogP contribution in [0.25, 0.3) is 21.5 Å². The Labute approximate surface area is 169 Å². The fourth-order valence-electron chi connectivity index (χ4n) is 2.80. The van der Waals surface area contributed by atoms with E-state index in [2.05, 4.69) is 14.7 Å². The molecule has 8 heteroatoms. The van der Waals surface area contributed by atoms with Crippen LogP contribution in [0.1, 0.15) is 5.56 Å². The Hall–Kier alpha value is -3.03. The highest BCUT2D eigenvalue weighted by atomic mass is 35.5. The molecule has 2 aromatic carbocycles. The standard InChI is InChI=1S/C20H15ClN4O2S/c21-15-9-5-4-8-14(15)10-22-16(26)11-25-12-23-18-17(13-6-2-1-3-7-13)24-28-19(18)20(25)27/h1-9,12H,10-11H2,(H,22,26). The van der Waals surface area contributed by atoms with Crippen molar-refractivity contribution in [2.45, 2.75) is 13.1 Å². The van der Waals surface area contributed by atoms with E-state index in [4.69, 9.17) is 11.6 Å². The molecule has 6 nitrogen and oxygen atoms in total. The molecule has 1 amide bonds. The molecule has 4 rings (SSSR count). The van der Waals surface area contributed by atoms with Crippen LogP contribution < -0.4 is 10.9 Å². The molecular formula is C20H15ClN4O2S. The molecule has 140 valence electrons. The Morgan fingerprint density at radius 3 is 2.64 bits per heavy atom. The first-order valence-corrected chi connectivity index (χ1v) is 9.69. The van der Waals surface area contributed by atoms with Crippen molar-refractivity contribution in [2.24, 2.45) is 0 Å². The second-order valence-electron chi connectivity index (χ2n) is 6.12. The monoisotopic (exact) mass is 410 g/mol. The molecule has 0 saturated carbocycles. The van der Waals surface area contributed by atoms with Crippen molar-refractivity contribution in [1.82, 2.24) is 19.2 Å². The van der Waals surface area contributed by atoms with Gasteiger partial charge in [0.25, 0.3) is 5.56 Å². The Bertz CT molecular complexity index is 1200. The number of nitrogens with one attached hydrogen (secondary N) is 1. The van der Waals surface area contributed by atoms with Gasteiger partial charge in [-0.1, -0.05) is 60.1 Å². The van der Waals surface area contributed by atoms with Crippen molar-refractivity contribution in [1.29, 1.82) is 0 Å². The summed E-state index contributed by atoms with van der Waals surface area (Å²) in [5, 5.41) is 3.36. The van der Waals surface area contributed by atoms with Gasteiger partial charge in [0.05, 0.1) is 6.33 Å². The zero-order valence-corrected chi connectivity index (χ0v) is 16.2. The predicted molar refractivity (Wildman–Crippen MR) is 110 cm³/mol. The van der Waals surface area contributed by atoms with Crippen LogP contribution >= 0.6 is 23.1 Å². The van der Waals surface area contributed by atoms with E-state index in [9.17, 15) is 9.59 Å². The summed E-state index contributed by atoms with van der Waals surface area (Å²) in [6.07, 6.45) is 1.39. The summed E-state index contributed by atoms with van der Waals surface area (Å²) in [6.45, 7) is 0.173. The van der Waals surface area contributed by atoms with E-state index in [1.165, 1.54) is 10.9 Å². The second-order valence-corrected chi connectivity index (χ2v) is 7.30. The number of carbonyl (C=O) groups excluding carboxylic acids is 1. The minimum atomic E-state index is -0.295. The van der Waals surface area contributed by atoms with Crippen molar-refractivity contribution >= 4 is 39.3 Å². The van der Waals surface area contributed by atoms with E-state index >= 15 is 0 Å². The van der Waals surface area contributed by atoms with Crippen molar-refractivity contribution < 1.29 is 4.79 Å². The molecular weight excluding hydrogens is 396 g/mol. The number of aromatic nitrogens is 3. The Morgan fingerprint density at radius 1 is 1.11 bits per heavy atom. The maximum Gasteiger partial charge on any atom is 0.273 e. The van der Waals surface area contributed by atoms with E-state index in [0.717, 1.165) is 22.7 Å². The van der Waals surface area contributed by atoms with Crippen molar-refractivity contribution in [3.05, 3.63) is 81.9 Å². The number of hydrogen-bond acceptors (Lipinski definition) is 5. The fourth-order valence-corrected chi connectivity index (χ4v) is 3.81. The molecule has 0 aliphatic carbocycles. The van der Waals surface area contributed by atoms with Crippen molar-refractivity contribution in [2.75, 3.05) is 0 Å². The zero-order valence-electron chi connectivity index (χ0n) is 14.6. The summed E-state index contributed by atoms with van der Waals surface area (Å²) < 4.78 is 6.10. The van der Waals surface area contributed by atoms with E-state index in [1.807, 2.05) is 48.5 Å². The molecule has 0 bridgehead atoms. The normalized spacial score (nSPS) is 10.9. The van der Waals surface area contributed by atoms with Gasteiger partial charge >= 0.3 is 0 Å². The largest absolute Gasteiger partial charge is 0.350 e. The quantitative estimate of drug-likeness (QED) is 0.546. The number of benzene rings is 2. The molecule has 0 aliphatic rings. The van der Waals surface area contributed by atoms with Crippen LogP contribution in [0, 0.1) is 0 Å². The molecule has 1 N–H and O–H groups in total. The average molecular weight is 411 g/mol. The number of carbonyl (C=O) groups is 1. The van der Waals surface area contributed by atoms with Crippen LogP contribution in [0.5, 0.6) is 0 Å². The first kappa shape index (κ1) is 18.3. The zero-order chi connectivity index (χ0) is 19.5. The number of hydrogen-bond donors (Lipinski definition) is 1. The second kappa shape index (κ2) is 7.92. The van der Waals surface area contributed by atoms with Gasteiger partial charge in [-0.3, -0.25) is 14.2 Å². The molecule has 0 aliphatic heterocycles. The highest BCUT2D eigenvalue weighted by Gasteiger charge is 2.15. The van der Waals surface area contributed by atoms with E-state index < -0.39 is 0 Å². The van der Waals surface area contributed by atoms with E-state index in [1.54, 1.807) is 6.07 Å². The average Bonchev–Trinajstić information content (AvgIpc) is 3.15. The molecule has 0 spiro atoms. The Kier molecular flexibility index (Phi) is 5.18. The van der Waals surface area contributed by atoms with Crippen LogP contribution in [-0.2, 0) is 17.9 Å². The summed E-state index contributed by atoms with van der Waals surface area (Å²) >= 11 is 7.18. The van der Waals surface area contributed by atoms with Crippen LogP contribution in [0.15, 0.2) is 65.7 Å². The van der Waals surface area contributed by atoms with Gasteiger partial charge in [0.2, 0.25) is 5.91 Å². The summed E-state index contributed by atoms with van der Waals surface area (Å²) in [7, 11) is 0. The maximum atomic E-state index is 12.7.